The number of benzene rings is 2. The molecule has 0 fully saturated rings. The number of para-hydroxylation sites is 1. The van der Waals surface area contributed by atoms with Gasteiger partial charge in [-0.15, -0.1) is 11.3 Å². The monoisotopic (exact) mass is 534 g/mol. The second kappa shape index (κ2) is 12.1. The Hall–Kier alpha value is -3.95. The van der Waals surface area contributed by atoms with E-state index in [2.05, 4.69) is 10.3 Å². The van der Waals surface area contributed by atoms with Crippen LogP contribution < -0.4 is 10.1 Å². The largest absolute Gasteiger partial charge is 0.490 e. The van der Waals surface area contributed by atoms with Crippen LogP contribution in [0.25, 0.3) is 21.3 Å². The zero-order valence-electron chi connectivity index (χ0n) is 21.2. The van der Waals surface area contributed by atoms with Gasteiger partial charge in [-0.1, -0.05) is 18.2 Å². The van der Waals surface area contributed by atoms with Gasteiger partial charge in [0.1, 0.15) is 5.75 Å². The fourth-order valence-corrected chi connectivity index (χ4v) is 5.16. The van der Waals surface area contributed by atoms with Gasteiger partial charge in [0.25, 0.3) is 5.91 Å². The first-order valence-electron chi connectivity index (χ1n) is 12.4. The van der Waals surface area contributed by atoms with Crippen LogP contribution in [0.4, 0.5) is 0 Å². The third-order valence-electron chi connectivity index (χ3n) is 6.01. The standard InChI is InChI=1S/C29H30N2O6S/c1-17(2)37-25-9-7-18(26-10-11-27(38-26)24(33)8-12-28(34)35)14-22(25)29(36)31-20(16-32)13-19-15-30-23-6-4-3-5-21(19)23/h3-7,9-11,14-15,17,20,30,32H,8,12-13,16H2,1-2H3,(H,31,36)(H,34,35)/t20-/m1/s1. The van der Waals surface area contributed by atoms with Crippen LogP contribution in [-0.2, 0) is 11.2 Å². The van der Waals surface area contributed by atoms with Crippen LogP contribution in [0.1, 0.15) is 52.3 Å². The van der Waals surface area contributed by atoms with Gasteiger partial charge < -0.3 is 25.3 Å². The normalized spacial score (nSPS) is 12.0. The molecule has 0 aliphatic carbocycles. The van der Waals surface area contributed by atoms with Gasteiger partial charge in [-0.2, -0.15) is 0 Å². The molecule has 8 nitrogen and oxygen atoms in total. The summed E-state index contributed by atoms with van der Waals surface area (Å²) in [6.07, 6.45) is 1.89. The highest BCUT2D eigenvalue weighted by Gasteiger charge is 2.21. The van der Waals surface area contributed by atoms with Crippen LogP contribution in [0, 0.1) is 0 Å². The summed E-state index contributed by atoms with van der Waals surface area (Å²) in [6, 6.07) is 16.1. The summed E-state index contributed by atoms with van der Waals surface area (Å²) < 4.78 is 5.90. The number of H-pyrrole nitrogens is 1. The Morgan fingerprint density at radius 3 is 2.58 bits per heavy atom. The first-order valence-corrected chi connectivity index (χ1v) is 13.2. The third-order valence-corrected chi connectivity index (χ3v) is 7.19. The zero-order chi connectivity index (χ0) is 27.2. The van der Waals surface area contributed by atoms with Gasteiger partial charge in [0.15, 0.2) is 5.78 Å². The average Bonchev–Trinajstić information content (AvgIpc) is 3.55. The smallest absolute Gasteiger partial charge is 0.303 e. The van der Waals surface area contributed by atoms with Gasteiger partial charge in [0, 0.05) is 28.4 Å². The number of fused-ring (bicyclic) bond motifs is 1. The number of ketones is 1. The Morgan fingerprint density at radius 2 is 1.84 bits per heavy atom. The molecule has 1 amide bonds. The molecule has 0 saturated carbocycles. The number of aliphatic hydroxyl groups is 1. The number of rotatable bonds is 12. The van der Waals surface area contributed by atoms with Crippen molar-refractivity contribution in [2.75, 3.05) is 6.61 Å². The fourth-order valence-electron chi connectivity index (χ4n) is 4.19. The number of nitrogens with one attached hydrogen (secondary N) is 2. The molecule has 1 atom stereocenters. The SMILES string of the molecule is CC(C)Oc1ccc(-c2ccc(C(=O)CCC(=O)O)s2)cc1C(=O)N[C@@H](CO)Cc1c[nH]c2ccccc12. The summed E-state index contributed by atoms with van der Waals surface area (Å²) in [7, 11) is 0. The Kier molecular flexibility index (Phi) is 8.60. The number of carbonyl (C=O) groups excluding carboxylic acids is 2. The zero-order valence-corrected chi connectivity index (χ0v) is 22.0. The molecule has 0 saturated heterocycles. The topological polar surface area (TPSA) is 129 Å². The number of carboxylic acids is 1. The summed E-state index contributed by atoms with van der Waals surface area (Å²) in [5.41, 5.74) is 3.03. The number of carbonyl (C=O) groups is 3. The molecule has 4 N–H and O–H groups in total. The Morgan fingerprint density at radius 1 is 1.05 bits per heavy atom. The minimum Gasteiger partial charge on any atom is -0.490 e. The van der Waals surface area contributed by atoms with Crippen molar-refractivity contribution in [1.82, 2.24) is 10.3 Å². The van der Waals surface area contributed by atoms with E-state index < -0.39 is 12.0 Å². The molecular weight excluding hydrogens is 504 g/mol. The number of carboxylic acid groups (broad SMARTS) is 1. The lowest BCUT2D eigenvalue weighted by Crippen LogP contribution is -2.39. The Bertz CT molecular complexity index is 1450. The quantitative estimate of drug-likeness (QED) is 0.188. The van der Waals surface area contributed by atoms with Crippen molar-refractivity contribution in [2.45, 2.75) is 45.3 Å². The van der Waals surface area contributed by atoms with Crippen LogP contribution in [-0.4, -0.2) is 51.6 Å². The van der Waals surface area contributed by atoms with E-state index >= 15 is 0 Å². The van der Waals surface area contributed by atoms with E-state index in [1.54, 1.807) is 24.3 Å². The van der Waals surface area contributed by atoms with Crippen molar-refractivity contribution >= 4 is 39.9 Å². The maximum Gasteiger partial charge on any atom is 0.303 e. The summed E-state index contributed by atoms with van der Waals surface area (Å²) >= 11 is 1.25. The number of aromatic nitrogens is 1. The maximum atomic E-state index is 13.4. The maximum absolute atomic E-state index is 13.4. The van der Waals surface area contributed by atoms with Gasteiger partial charge in [0.05, 0.1) is 35.6 Å². The number of aromatic amines is 1. The molecule has 198 valence electrons. The van der Waals surface area contributed by atoms with E-state index in [1.807, 2.05) is 50.4 Å². The summed E-state index contributed by atoms with van der Waals surface area (Å²) in [6.45, 7) is 3.51. The molecule has 0 spiro atoms. The molecule has 4 rings (SSSR count). The van der Waals surface area contributed by atoms with Crippen molar-refractivity contribution in [2.24, 2.45) is 0 Å². The second-order valence-corrected chi connectivity index (χ2v) is 10.4. The molecule has 0 bridgehead atoms. The predicted molar refractivity (Wildman–Crippen MR) is 147 cm³/mol. The number of aliphatic carboxylic acids is 1. The first kappa shape index (κ1) is 27.1. The van der Waals surface area contributed by atoms with Crippen molar-refractivity contribution in [3.63, 3.8) is 0 Å². The molecule has 9 heteroatoms. The summed E-state index contributed by atoms with van der Waals surface area (Å²) in [5, 5.41) is 22.9. The predicted octanol–water partition coefficient (Wildman–Crippen LogP) is 5.06. The third kappa shape index (κ3) is 6.48. The molecule has 2 heterocycles. The summed E-state index contributed by atoms with van der Waals surface area (Å²) in [4.78, 5) is 41.0. The molecule has 0 unspecified atom stereocenters. The minimum atomic E-state index is -1.02. The highest BCUT2D eigenvalue weighted by atomic mass is 32.1. The van der Waals surface area contributed by atoms with Gasteiger partial charge in [0.2, 0.25) is 0 Å². The molecule has 0 aliphatic heterocycles. The molecule has 38 heavy (non-hydrogen) atoms. The molecule has 4 aromatic rings. The number of ether oxygens (including phenoxy) is 1. The lowest BCUT2D eigenvalue weighted by Gasteiger charge is -2.19. The number of hydrogen-bond acceptors (Lipinski definition) is 6. The van der Waals surface area contributed by atoms with Gasteiger partial charge in [-0.05, 0) is 67.8 Å². The van der Waals surface area contributed by atoms with Crippen molar-refractivity contribution in [3.05, 3.63) is 76.8 Å². The van der Waals surface area contributed by atoms with E-state index in [-0.39, 0.29) is 37.2 Å². The molecule has 0 radical (unpaired) electrons. The van der Waals surface area contributed by atoms with Crippen LogP contribution in [0.5, 0.6) is 5.75 Å². The van der Waals surface area contributed by atoms with Gasteiger partial charge in [-0.3, -0.25) is 14.4 Å². The van der Waals surface area contributed by atoms with Crippen LogP contribution in [0.15, 0.2) is 60.8 Å². The van der Waals surface area contributed by atoms with E-state index in [1.165, 1.54) is 11.3 Å². The van der Waals surface area contributed by atoms with E-state index in [9.17, 15) is 19.5 Å². The fraction of sp³-hybridized carbons (Fsp3) is 0.276. The number of amides is 1. The lowest BCUT2D eigenvalue weighted by molar-refractivity contribution is -0.136. The number of aliphatic hydroxyl groups excluding tert-OH is 1. The molecule has 2 aromatic heterocycles. The Labute approximate surface area is 224 Å². The van der Waals surface area contributed by atoms with Gasteiger partial charge in [-0.25, -0.2) is 0 Å². The number of thiophene rings is 1. The molecular formula is C29H30N2O6S. The van der Waals surface area contributed by atoms with Crippen LogP contribution >= 0.6 is 11.3 Å². The molecule has 0 aliphatic rings. The van der Waals surface area contributed by atoms with E-state index in [0.717, 1.165) is 26.9 Å². The second-order valence-electron chi connectivity index (χ2n) is 9.27. The molecule has 2 aromatic carbocycles. The number of Topliss-reactive ketones (excluding diaryl/α,β-unsaturated/α-hetero) is 1. The van der Waals surface area contributed by atoms with Crippen molar-refractivity contribution in [3.8, 4) is 16.2 Å². The average molecular weight is 535 g/mol. The van der Waals surface area contributed by atoms with Gasteiger partial charge >= 0.3 is 5.97 Å². The lowest BCUT2D eigenvalue weighted by atomic mass is 10.0. The van der Waals surface area contributed by atoms with E-state index in [0.29, 0.717) is 22.6 Å². The minimum absolute atomic E-state index is 0.0664. The van der Waals surface area contributed by atoms with Crippen molar-refractivity contribution in [1.29, 1.82) is 0 Å². The highest BCUT2D eigenvalue weighted by molar-refractivity contribution is 7.17. The Balaban J connectivity index is 1.56. The van der Waals surface area contributed by atoms with Crippen molar-refractivity contribution < 1.29 is 29.3 Å². The summed E-state index contributed by atoms with van der Waals surface area (Å²) in [5.74, 6) is -1.21. The number of hydrogen-bond donors (Lipinski definition) is 4. The van der Waals surface area contributed by atoms with Crippen LogP contribution in [0.2, 0.25) is 0 Å². The van der Waals surface area contributed by atoms with E-state index in [4.69, 9.17) is 9.84 Å². The first-order chi connectivity index (χ1) is 18.2. The highest BCUT2D eigenvalue weighted by Crippen LogP contribution is 2.33. The van der Waals surface area contributed by atoms with Crippen LogP contribution in [0.3, 0.4) is 0 Å².